The summed E-state index contributed by atoms with van der Waals surface area (Å²) in [7, 11) is 2.10. The lowest BCUT2D eigenvalue weighted by molar-refractivity contribution is 0.0664. The van der Waals surface area contributed by atoms with Gasteiger partial charge in [-0.2, -0.15) is 0 Å². The summed E-state index contributed by atoms with van der Waals surface area (Å²) >= 11 is 0. The number of hydrogen-bond donors (Lipinski definition) is 0. The average molecular weight is 297 g/mol. The van der Waals surface area contributed by atoms with Crippen molar-refractivity contribution in [3.63, 3.8) is 0 Å². The van der Waals surface area contributed by atoms with E-state index in [1.54, 1.807) is 0 Å². The molecule has 0 radical (unpaired) electrons. The van der Waals surface area contributed by atoms with Gasteiger partial charge in [-0.25, -0.2) is 0 Å². The van der Waals surface area contributed by atoms with Crippen LogP contribution in [-0.2, 0) is 0 Å². The van der Waals surface area contributed by atoms with Gasteiger partial charge >= 0.3 is 0 Å². The molecule has 1 amide bonds. The maximum Gasteiger partial charge on any atom is 0.253 e. The van der Waals surface area contributed by atoms with Gasteiger partial charge in [0.05, 0.1) is 0 Å². The van der Waals surface area contributed by atoms with Gasteiger partial charge in [0.2, 0.25) is 0 Å². The molecule has 4 nitrogen and oxygen atoms in total. The number of amides is 1. The standard InChI is InChI=1S/C18H23N3O/c1-14-4-5-15(2)21(14)17-8-6-16(7-9-17)18(22)20-12-10-19(3)11-13-20/h4-9H,10-13H2,1-3H3. The number of carbonyl (C=O) groups excluding carboxylic acids is 1. The number of rotatable bonds is 2. The summed E-state index contributed by atoms with van der Waals surface area (Å²) in [5.74, 6) is 0.139. The molecule has 22 heavy (non-hydrogen) atoms. The first kappa shape index (κ1) is 14.9. The van der Waals surface area contributed by atoms with Crippen LogP contribution >= 0.6 is 0 Å². The first-order valence-electron chi connectivity index (χ1n) is 7.79. The fraction of sp³-hybridized carbons (Fsp3) is 0.389. The molecule has 2 aromatic rings. The minimum atomic E-state index is 0.139. The van der Waals surface area contributed by atoms with Crippen LogP contribution in [0.1, 0.15) is 21.7 Å². The van der Waals surface area contributed by atoms with Crippen molar-refractivity contribution in [1.82, 2.24) is 14.4 Å². The number of nitrogens with zero attached hydrogens (tertiary/aromatic N) is 3. The summed E-state index contributed by atoms with van der Waals surface area (Å²) in [6.07, 6.45) is 0. The average Bonchev–Trinajstić information content (AvgIpc) is 2.86. The second kappa shape index (κ2) is 5.97. The molecule has 1 fully saturated rings. The number of carbonyl (C=O) groups is 1. The summed E-state index contributed by atoms with van der Waals surface area (Å²) < 4.78 is 2.20. The predicted molar refractivity (Wildman–Crippen MR) is 88.6 cm³/mol. The Morgan fingerprint density at radius 2 is 1.41 bits per heavy atom. The number of piperazine rings is 1. The molecule has 0 saturated carbocycles. The van der Waals surface area contributed by atoms with Crippen LogP contribution in [0.5, 0.6) is 0 Å². The van der Waals surface area contributed by atoms with Gasteiger partial charge in [-0.15, -0.1) is 0 Å². The van der Waals surface area contributed by atoms with Crippen LogP contribution in [0.3, 0.4) is 0 Å². The molecule has 1 saturated heterocycles. The molecule has 2 heterocycles. The number of likely N-dealkylation sites (N-methyl/N-ethyl adjacent to an activating group) is 1. The number of aromatic nitrogens is 1. The van der Waals surface area contributed by atoms with Crippen LogP contribution in [0.4, 0.5) is 0 Å². The normalized spacial score (nSPS) is 16.0. The van der Waals surface area contributed by atoms with Crippen LogP contribution in [-0.4, -0.2) is 53.5 Å². The summed E-state index contributed by atoms with van der Waals surface area (Å²) in [5, 5.41) is 0. The van der Waals surface area contributed by atoms with Crippen molar-refractivity contribution in [2.75, 3.05) is 33.2 Å². The Bertz CT molecular complexity index is 645. The summed E-state index contributed by atoms with van der Waals surface area (Å²) in [4.78, 5) is 16.7. The number of benzene rings is 1. The summed E-state index contributed by atoms with van der Waals surface area (Å²) in [6, 6.07) is 12.2. The molecule has 0 spiro atoms. The van der Waals surface area contributed by atoms with Crippen LogP contribution in [0.15, 0.2) is 36.4 Å². The van der Waals surface area contributed by atoms with Gasteiger partial charge in [0.1, 0.15) is 0 Å². The van der Waals surface area contributed by atoms with Gasteiger partial charge in [-0.3, -0.25) is 4.79 Å². The van der Waals surface area contributed by atoms with E-state index in [9.17, 15) is 4.79 Å². The Kier molecular flexibility index (Phi) is 4.03. The largest absolute Gasteiger partial charge is 0.336 e. The van der Waals surface area contributed by atoms with E-state index >= 15 is 0 Å². The van der Waals surface area contributed by atoms with E-state index in [-0.39, 0.29) is 5.91 Å². The molecule has 0 N–H and O–H groups in total. The molecular formula is C18H23N3O. The highest BCUT2D eigenvalue weighted by Gasteiger charge is 2.20. The van der Waals surface area contributed by atoms with Gasteiger partial charge in [0.15, 0.2) is 0 Å². The Labute approximate surface area is 132 Å². The zero-order valence-electron chi connectivity index (χ0n) is 13.5. The highest BCUT2D eigenvalue weighted by Crippen LogP contribution is 2.18. The molecule has 1 aliphatic heterocycles. The lowest BCUT2D eigenvalue weighted by Gasteiger charge is -2.32. The van der Waals surface area contributed by atoms with Crippen LogP contribution in [0.2, 0.25) is 0 Å². The Morgan fingerprint density at radius 1 is 0.864 bits per heavy atom. The van der Waals surface area contributed by atoms with Crippen molar-refractivity contribution in [1.29, 1.82) is 0 Å². The third-order valence-electron chi connectivity index (χ3n) is 4.43. The smallest absolute Gasteiger partial charge is 0.253 e. The quantitative estimate of drug-likeness (QED) is 0.852. The Balaban J connectivity index is 1.78. The van der Waals surface area contributed by atoms with Crippen molar-refractivity contribution in [3.8, 4) is 5.69 Å². The van der Waals surface area contributed by atoms with E-state index in [4.69, 9.17) is 0 Å². The third-order valence-corrected chi connectivity index (χ3v) is 4.43. The van der Waals surface area contributed by atoms with Crippen molar-refractivity contribution < 1.29 is 4.79 Å². The highest BCUT2D eigenvalue weighted by molar-refractivity contribution is 5.94. The maximum atomic E-state index is 12.5. The van der Waals surface area contributed by atoms with E-state index in [2.05, 4.69) is 42.5 Å². The van der Waals surface area contributed by atoms with E-state index in [1.807, 2.05) is 29.2 Å². The van der Waals surface area contributed by atoms with Gasteiger partial charge in [-0.1, -0.05) is 0 Å². The minimum absolute atomic E-state index is 0.139. The highest BCUT2D eigenvalue weighted by atomic mass is 16.2. The molecule has 1 aromatic carbocycles. The van der Waals surface area contributed by atoms with E-state index in [0.717, 1.165) is 37.4 Å². The number of aryl methyl sites for hydroxylation is 2. The summed E-state index contributed by atoms with van der Waals surface area (Å²) in [6.45, 7) is 7.71. The molecule has 116 valence electrons. The van der Waals surface area contributed by atoms with Crippen LogP contribution < -0.4 is 0 Å². The van der Waals surface area contributed by atoms with Crippen molar-refractivity contribution in [2.24, 2.45) is 0 Å². The second-order valence-corrected chi connectivity index (χ2v) is 6.09. The van der Waals surface area contributed by atoms with Crippen LogP contribution in [0, 0.1) is 13.8 Å². The number of hydrogen-bond acceptors (Lipinski definition) is 2. The first-order chi connectivity index (χ1) is 10.6. The Morgan fingerprint density at radius 3 is 1.95 bits per heavy atom. The lowest BCUT2D eigenvalue weighted by Crippen LogP contribution is -2.47. The molecular weight excluding hydrogens is 274 g/mol. The third kappa shape index (κ3) is 2.79. The van der Waals surface area contributed by atoms with Crippen LogP contribution in [0.25, 0.3) is 5.69 Å². The molecule has 4 heteroatoms. The molecule has 0 unspecified atom stereocenters. The van der Waals surface area contributed by atoms with E-state index in [0.29, 0.717) is 0 Å². The molecule has 0 aliphatic carbocycles. The SMILES string of the molecule is Cc1ccc(C)n1-c1ccc(C(=O)N2CCN(C)CC2)cc1. The monoisotopic (exact) mass is 297 g/mol. The Hall–Kier alpha value is -2.07. The minimum Gasteiger partial charge on any atom is -0.336 e. The van der Waals surface area contributed by atoms with Gasteiger partial charge < -0.3 is 14.4 Å². The van der Waals surface area contributed by atoms with E-state index in [1.165, 1.54) is 11.4 Å². The zero-order valence-corrected chi connectivity index (χ0v) is 13.5. The fourth-order valence-corrected chi connectivity index (χ4v) is 3.02. The molecule has 1 aliphatic rings. The van der Waals surface area contributed by atoms with Gasteiger partial charge in [-0.05, 0) is 57.3 Å². The summed E-state index contributed by atoms with van der Waals surface area (Å²) in [5.41, 5.74) is 4.29. The molecule has 0 atom stereocenters. The topological polar surface area (TPSA) is 28.5 Å². The second-order valence-electron chi connectivity index (χ2n) is 6.09. The van der Waals surface area contributed by atoms with Crippen molar-refractivity contribution >= 4 is 5.91 Å². The predicted octanol–water partition coefficient (Wildman–Crippen LogP) is 2.48. The molecule has 3 rings (SSSR count). The van der Waals surface area contributed by atoms with Crippen molar-refractivity contribution in [3.05, 3.63) is 53.3 Å². The fourth-order valence-electron chi connectivity index (χ4n) is 3.02. The van der Waals surface area contributed by atoms with Gasteiger partial charge in [0.25, 0.3) is 5.91 Å². The van der Waals surface area contributed by atoms with E-state index < -0.39 is 0 Å². The zero-order chi connectivity index (χ0) is 15.7. The molecule has 0 bridgehead atoms. The van der Waals surface area contributed by atoms with Gasteiger partial charge in [0, 0.05) is 48.8 Å². The first-order valence-corrected chi connectivity index (χ1v) is 7.79. The van der Waals surface area contributed by atoms with Crippen molar-refractivity contribution in [2.45, 2.75) is 13.8 Å². The maximum absolute atomic E-state index is 12.5. The molecule has 1 aromatic heterocycles. The lowest BCUT2D eigenvalue weighted by atomic mass is 10.1.